The summed E-state index contributed by atoms with van der Waals surface area (Å²) in [4.78, 5) is 34.4. The van der Waals surface area contributed by atoms with E-state index in [0.717, 1.165) is 37.2 Å². The van der Waals surface area contributed by atoms with Crippen molar-refractivity contribution in [1.82, 2.24) is 14.9 Å². The summed E-state index contributed by atoms with van der Waals surface area (Å²) in [7, 11) is 1.64. The second-order valence-corrected chi connectivity index (χ2v) is 8.01. The van der Waals surface area contributed by atoms with Gasteiger partial charge in [0.25, 0.3) is 5.56 Å². The summed E-state index contributed by atoms with van der Waals surface area (Å²) in [6, 6.07) is 7.81. The highest BCUT2D eigenvalue weighted by atomic mass is 32.2. The SMILES string of the molecule is COc1cccc(CSc2nc(C)c(CC(=O)N3CCCCCC3)c(=O)[nH]2)c1. The van der Waals surface area contributed by atoms with E-state index in [1.54, 1.807) is 14.0 Å². The van der Waals surface area contributed by atoms with Gasteiger partial charge in [-0.15, -0.1) is 0 Å². The normalized spacial score (nSPS) is 14.6. The van der Waals surface area contributed by atoms with Crippen LogP contribution in [0.5, 0.6) is 5.75 Å². The number of thioether (sulfide) groups is 1. The van der Waals surface area contributed by atoms with Crippen LogP contribution in [0.4, 0.5) is 0 Å². The average Bonchev–Trinajstić information content (AvgIpc) is 2.99. The van der Waals surface area contributed by atoms with Gasteiger partial charge in [-0.2, -0.15) is 0 Å². The zero-order valence-corrected chi connectivity index (χ0v) is 17.3. The van der Waals surface area contributed by atoms with Gasteiger partial charge >= 0.3 is 0 Å². The first-order valence-electron chi connectivity index (χ1n) is 9.70. The van der Waals surface area contributed by atoms with Crippen molar-refractivity contribution >= 4 is 17.7 Å². The molecule has 1 aliphatic rings. The lowest BCUT2D eigenvalue weighted by molar-refractivity contribution is -0.130. The molecule has 0 bridgehead atoms. The van der Waals surface area contributed by atoms with Crippen LogP contribution in [0.15, 0.2) is 34.2 Å². The number of benzene rings is 1. The Morgan fingerprint density at radius 3 is 2.68 bits per heavy atom. The Kier molecular flexibility index (Phi) is 7.14. The molecule has 1 aliphatic heterocycles. The summed E-state index contributed by atoms with van der Waals surface area (Å²) in [6.07, 6.45) is 4.54. The number of nitrogens with zero attached hydrogens (tertiary/aromatic N) is 2. The van der Waals surface area contributed by atoms with Crippen LogP contribution in [0.3, 0.4) is 0 Å². The molecule has 6 nitrogen and oxygen atoms in total. The first-order valence-corrected chi connectivity index (χ1v) is 10.7. The molecule has 0 saturated carbocycles. The number of hydrogen-bond donors (Lipinski definition) is 1. The van der Waals surface area contributed by atoms with Gasteiger partial charge in [0.05, 0.1) is 13.5 Å². The highest BCUT2D eigenvalue weighted by Gasteiger charge is 2.19. The number of carbonyl (C=O) groups excluding carboxylic acids is 1. The molecular formula is C21H27N3O3S. The summed E-state index contributed by atoms with van der Waals surface area (Å²) in [6.45, 7) is 3.38. The molecule has 7 heteroatoms. The summed E-state index contributed by atoms with van der Waals surface area (Å²) in [5, 5.41) is 0.566. The maximum absolute atomic E-state index is 12.6. The first-order chi connectivity index (χ1) is 13.6. The van der Waals surface area contributed by atoms with Gasteiger partial charge in [0.1, 0.15) is 5.75 Å². The van der Waals surface area contributed by atoms with E-state index in [-0.39, 0.29) is 17.9 Å². The number of aromatic nitrogens is 2. The largest absolute Gasteiger partial charge is 0.497 e. The predicted molar refractivity (Wildman–Crippen MR) is 111 cm³/mol. The number of rotatable bonds is 6. The summed E-state index contributed by atoms with van der Waals surface area (Å²) >= 11 is 1.46. The van der Waals surface area contributed by atoms with Gasteiger partial charge in [0.2, 0.25) is 5.91 Å². The smallest absolute Gasteiger partial charge is 0.255 e. The minimum absolute atomic E-state index is 0.0223. The van der Waals surface area contributed by atoms with Crippen LogP contribution in [-0.4, -0.2) is 41.0 Å². The minimum Gasteiger partial charge on any atom is -0.497 e. The average molecular weight is 402 g/mol. The number of methoxy groups -OCH3 is 1. The quantitative estimate of drug-likeness (QED) is 0.594. The number of ether oxygens (including phenoxy) is 1. The number of aromatic amines is 1. The van der Waals surface area contributed by atoms with E-state index in [0.29, 0.717) is 22.2 Å². The maximum atomic E-state index is 12.6. The molecule has 1 aromatic heterocycles. The molecule has 0 aliphatic carbocycles. The fourth-order valence-corrected chi connectivity index (χ4v) is 4.21. The van der Waals surface area contributed by atoms with Crippen LogP contribution in [0.1, 0.15) is 42.5 Å². The number of nitrogens with one attached hydrogen (secondary N) is 1. The van der Waals surface area contributed by atoms with E-state index in [2.05, 4.69) is 9.97 Å². The zero-order chi connectivity index (χ0) is 19.9. The molecular weight excluding hydrogens is 374 g/mol. The van der Waals surface area contributed by atoms with Crippen molar-refractivity contribution in [3.63, 3.8) is 0 Å². The second-order valence-electron chi connectivity index (χ2n) is 7.05. The standard InChI is InChI=1S/C21H27N3O3S/c1-15-18(13-19(25)24-10-5-3-4-6-11-24)20(26)23-21(22-15)28-14-16-8-7-9-17(12-16)27-2/h7-9,12H,3-6,10-11,13-14H2,1-2H3,(H,22,23,26). The molecule has 1 saturated heterocycles. The van der Waals surface area contributed by atoms with Crippen molar-refractivity contribution in [3.8, 4) is 5.75 Å². The summed E-state index contributed by atoms with van der Waals surface area (Å²) < 4.78 is 5.24. The van der Waals surface area contributed by atoms with Crippen molar-refractivity contribution in [3.05, 3.63) is 51.4 Å². The van der Waals surface area contributed by atoms with Crippen LogP contribution < -0.4 is 10.3 Å². The zero-order valence-electron chi connectivity index (χ0n) is 16.5. The van der Waals surface area contributed by atoms with Gasteiger partial charge in [0, 0.05) is 30.1 Å². The summed E-state index contributed by atoms with van der Waals surface area (Å²) in [5.41, 5.74) is 1.97. The van der Waals surface area contributed by atoms with Gasteiger partial charge in [0.15, 0.2) is 5.16 Å². The Labute approximate surface area is 169 Å². The number of amides is 1. The lowest BCUT2D eigenvalue weighted by Gasteiger charge is -2.20. The Morgan fingerprint density at radius 1 is 1.25 bits per heavy atom. The topological polar surface area (TPSA) is 75.3 Å². The molecule has 2 aromatic rings. The van der Waals surface area contributed by atoms with E-state index in [1.807, 2.05) is 29.2 Å². The molecule has 0 unspecified atom stereocenters. The molecule has 1 amide bonds. The highest BCUT2D eigenvalue weighted by Crippen LogP contribution is 2.22. The van der Waals surface area contributed by atoms with Crippen molar-refractivity contribution in [2.24, 2.45) is 0 Å². The molecule has 150 valence electrons. The summed E-state index contributed by atoms with van der Waals surface area (Å²) in [5.74, 6) is 1.50. The van der Waals surface area contributed by atoms with Crippen LogP contribution in [0, 0.1) is 6.92 Å². The molecule has 28 heavy (non-hydrogen) atoms. The Bertz CT molecular complexity index is 873. The van der Waals surface area contributed by atoms with Crippen molar-refractivity contribution in [2.75, 3.05) is 20.2 Å². The van der Waals surface area contributed by atoms with Gasteiger partial charge in [-0.1, -0.05) is 36.7 Å². The van der Waals surface area contributed by atoms with Crippen molar-refractivity contribution < 1.29 is 9.53 Å². The van der Waals surface area contributed by atoms with Crippen LogP contribution in [-0.2, 0) is 17.0 Å². The third-order valence-corrected chi connectivity index (χ3v) is 5.94. The van der Waals surface area contributed by atoms with E-state index >= 15 is 0 Å². The molecule has 1 aromatic carbocycles. The number of H-pyrrole nitrogens is 1. The second kappa shape index (κ2) is 9.78. The molecule has 0 spiro atoms. The Hall–Kier alpha value is -2.28. The maximum Gasteiger partial charge on any atom is 0.255 e. The monoisotopic (exact) mass is 401 g/mol. The van der Waals surface area contributed by atoms with Crippen molar-refractivity contribution in [1.29, 1.82) is 0 Å². The Morgan fingerprint density at radius 2 is 2.00 bits per heavy atom. The number of aryl methyl sites for hydroxylation is 1. The van der Waals surface area contributed by atoms with E-state index in [9.17, 15) is 9.59 Å². The third-order valence-electron chi connectivity index (χ3n) is 5.00. The number of hydrogen-bond acceptors (Lipinski definition) is 5. The van der Waals surface area contributed by atoms with E-state index in [4.69, 9.17) is 4.74 Å². The lowest BCUT2D eigenvalue weighted by Crippen LogP contribution is -2.35. The van der Waals surface area contributed by atoms with Crippen LogP contribution in [0.25, 0.3) is 0 Å². The minimum atomic E-state index is -0.219. The van der Waals surface area contributed by atoms with Crippen LogP contribution >= 0.6 is 11.8 Å². The molecule has 0 atom stereocenters. The predicted octanol–water partition coefficient (Wildman–Crippen LogP) is 3.32. The van der Waals surface area contributed by atoms with Gasteiger partial charge in [-0.3, -0.25) is 9.59 Å². The molecule has 2 heterocycles. The highest BCUT2D eigenvalue weighted by molar-refractivity contribution is 7.98. The fraction of sp³-hybridized carbons (Fsp3) is 0.476. The van der Waals surface area contributed by atoms with Gasteiger partial charge < -0.3 is 14.6 Å². The van der Waals surface area contributed by atoms with E-state index < -0.39 is 0 Å². The van der Waals surface area contributed by atoms with Gasteiger partial charge in [-0.05, 0) is 37.5 Å². The first kappa shape index (κ1) is 20.5. The van der Waals surface area contributed by atoms with Crippen LogP contribution in [0.2, 0.25) is 0 Å². The number of likely N-dealkylation sites (tertiary alicyclic amines) is 1. The van der Waals surface area contributed by atoms with Gasteiger partial charge in [-0.25, -0.2) is 4.98 Å². The van der Waals surface area contributed by atoms with Crippen molar-refractivity contribution in [2.45, 2.75) is 49.9 Å². The Balaban J connectivity index is 1.66. The molecule has 0 radical (unpaired) electrons. The third kappa shape index (κ3) is 5.38. The lowest BCUT2D eigenvalue weighted by atomic mass is 10.1. The fourth-order valence-electron chi connectivity index (χ4n) is 3.36. The molecule has 3 rings (SSSR count). The van der Waals surface area contributed by atoms with E-state index in [1.165, 1.54) is 24.6 Å². The number of carbonyl (C=O) groups is 1. The molecule has 1 N–H and O–H groups in total. The molecule has 1 fully saturated rings.